The first-order chi connectivity index (χ1) is 10.0. The standard InChI is InChI=1S/C18H27NO2/c1-14(2)17-4-3-10-19(11-9-17)13-16-7-5-15(6-8-16)12-18(20)21/h5-8,14,17H,3-4,9-13H2,1-2H3,(H,20,21). The van der Waals surface area contributed by atoms with E-state index < -0.39 is 5.97 Å². The Morgan fingerprint density at radius 2 is 1.86 bits per heavy atom. The molecular weight excluding hydrogens is 262 g/mol. The van der Waals surface area contributed by atoms with Crippen LogP contribution in [0.4, 0.5) is 0 Å². The number of hydrogen-bond acceptors (Lipinski definition) is 2. The molecule has 1 atom stereocenters. The van der Waals surface area contributed by atoms with E-state index in [1.165, 1.54) is 37.9 Å². The molecule has 0 radical (unpaired) electrons. The Labute approximate surface area is 128 Å². The third-order valence-electron chi connectivity index (χ3n) is 4.59. The van der Waals surface area contributed by atoms with Crippen LogP contribution in [0.15, 0.2) is 24.3 Å². The SMILES string of the molecule is CC(C)C1CCCN(Cc2ccc(CC(=O)O)cc2)CC1. The van der Waals surface area contributed by atoms with Crippen molar-refractivity contribution < 1.29 is 9.90 Å². The number of likely N-dealkylation sites (tertiary alicyclic amines) is 1. The zero-order valence-electron chi connectivity index (χ0n) is 13.2. The molecule has 1 N–H and O–H groups in total. The van der Waals surface area contributed by atoms with Gasteiger partial charge in [-0.15, -0.1) is 0 Å². The fourth-order valence-electron chi connectivity index (χ4n) is 3.20. The van der Waals surface area contributed by atoms with Crippen LogP contribution in [0.5, 0.6) is 0 Å². The van der Waals surface area contributed by atoms with Crippen molar-refractivity contribution in [2.45, 2.75) is 46.1 Å². The fourth-order valence-corrected chi connectivity index (χ4v) is 3.20. The van der Waals surface area contributed by atoms with Crippen molar-refractivity contribution in [1.82, 2.24) is 4.90 Å². The van der Waals surface area contributed by atoms with Crippen molar-refractivity contribution >= 4 is 5.97 Å². The van der Waals surface area contributed by atoms with Crippen molar-refractivity contribution in [2.75, 3.05) is 13.1 Å². The predicted molar refractivity (Wildman–Crippen MR) is 85.2 cm³/mol. The average molecular weight is 289 g/mol. The van der Waals surface area contributed by atoms with E-state index in [9.17, 15) is 4.79 Å². The summed E-state index contributed by atoms with van der Waals surface area (Å²) in [6.45, 7) is 8.01. The number of hydrogen-bond donors (Lipinski definition) is 1. The summed E-state index contributed by atoms with van der Waals surface area (Å²) < 4.78 is 0. The summed E-state index contributed by atoms with van der Waals surface area (Å²) in [4.78, 5) is 13.2. The van der Waals surface area contributed by atoms with Crippen LogP contribution in [0.2, 0.25) is 0 Å². The van der Waals surface area contributed by atoms with Crippen molar-refractivity contribution in [2.24, 2.45) is 11.8 Å². The van der Waals surface area contributed by atoms with Crippen LogP contribution in [0.1, 0.15) is 44.2 Å². The molecule has 0 amide bonds. The minimum Gasteiger partial charge on any atom is -0.481 e. The Balaban J connectivity index is 1.88. The van der Waals surface area contributed by atoms with Gasteiger partial charge in [0.25, 0.3) is 0 Å². The van der Waals surface area contributed by atoms with E-state index in [-0.39, 0.29) is 6.42 Å². The first kappa shape index (κ1) is 16.0. The number of benzene rings is 1. The number of carboxylic acid groups (broad SMARTS) is 1. The van der Waals surface area contributed by atoms with Crippen molar-refractivity contribution in [3.8, 4) is 0 Å². The second kappa shape index (κ2) is 7.60. The van der Waals surface area contributed by atoms with Crippen LogP contribution < -0.4 is 0 Å². The highest BCUT2D eigenvalue weighted by atomic mass is 16.4. The Morgan fingerprint density at radius 3 is 2.48 bits per heavy atom. The minimum absolute atomic E-state index is 0.111. The number of carbonyl (C=O) groups is 1. The fraction of sp³-hybridized carbons (Fsp3) is 0.611. The van der Waals surface area contributed by atoms with Gasteiger partial charge in [-0.1, -0.05) is 38.1 Å². The quantitative estimate of drug-likeness (QED) is 0.901. The Bertz CT molecular complexity index is 453. The minimum atomic E-state index is -0.769. The smallest absolute Gasteiger partial charge is 0.307 e. The lowest BCUT2D eigenvalue weighted by atomic mass is 9.89. The third-order valence-corrected chi connectivity index (χ3v) is 4.59. The van der Waals surface area contributed by atoms with Crippen LogP contribution in [0.3, 0.4) is 0 Å². The first-order valence-electron chi connectivity index (χ1n) is 8.06. The number of aliphatic carboxylic acids is 1. The predicted octanol–water partition coefficient (Wildman–Crippen LogP) is 3.57. The molecule has 1 unspecified atom stereocenters. The van der Waals surface area contributed by atoms with E-state index in [0.29, 0.717) is 0 Å². The van der Waals surface area contributed by atoms with Gasteiger partial charge in [-0.3, -0.25) is 9.69 Å². The van der Waals surface area contributed by atoms with Gasteiger partial charge in [0.05, 0.1) is 6.42 Å². The van der Waals surface area contributed by atoms with Crippen LogP contribution in [-0.4, -0.2) is 29.1 Å². The van der Waals surface area contributed by atoms with Crippen LogP contribution in [0.25, 0.3) is 0 Å². The lowest BCUT2D eigenvalue weighted by Crippen LogP contribution is -2.24. The van der Waals surface area contributed by atoms with Gasteiger partial charge >= 0.3 is 5.97 Å². The highest BCUT2D eigenvalue weighted by Gasteiger charge is 2.19. The second-order valence-corrected chi connectivity index (χ2v) is 6.60. The molecule has 2 rings (SSSR count). The van der Waals surface area contributed by atoms with Crippen LogP contribution in [-0.2, 0) is 17.8 Å². The lowest BCUT2D eigenvalue weighted by Gasteiger charge is -2.21. The van der Waals surface area contributed by atoms with Crippen LogP contribution in [0, 0.1) is 11.8 Å². The van der Waals surface area contributed by atoms with E-state index in [0.717, 1.165) is 23.9 Å². The Kier molecular flexibility index (Phi) is 5.80. The number of rotatable bonds is 5. The molecule has 0 aliphatic carbocycles. The molecule has 0 spiro atoms. The van der Waals surface area contributed by atoms with E-state index in [1.807, 2.05) is 12.1 Å². The molecule has 1 saturated heterocycles. The average Bonchev–Trinajstić information content (AvgIpc) is 2.66. The van der Waals surface area contributed by atoms with Gasteiger partial charge in [-0.05, 0) is 55.3 Å². The molecule has 1 aliphatic heterocycles. The van der Waals surface area contributed by atoms with Gasteiger partial charge < -0.3 is 5.11 Å². The normalized spacial score (nSPS) is 20.4. The van der Waals surface area contributed by atoms with E-state index in [1.54, 1.807) is 0 Å². The summed E-state index contributed by atoms with van der Waals surface area (Å²) >= 11 is 0. The second-order valence-electron chi connectivity index (χ2n) is 6.60. The van der Waals surface area contributed by atoms with Gasteiger partial charge in [0, 0.05) is 6.54 Å². The lowest BCUT2D eigenvalue weighted by molar-refractivity contribution is -0.136. The molecule has 1 aromatic carbocycles. The van der Waals surface area contributed by atoms with Gasteiger partial charge in [0.2, 0.25) is 0 Å². The molecule has 3 nitrogen and oxygen atoms in total. The van der Waals surface area contributed by atoms with Crippen molar-refractivity contribution in [3.63, 3.8) is 0 Å². The molecular formula is C18H27NO2. The summed E-state index contributed by atoms with van der Waals surface area (Å²) in [7, 11) is 0. The highest BCUT2D eigenvalue weighted by Crippen LogP contribution is 2.25. The van der Waals surface area contributed by atoms with E-state index in [2.05, 4.69) is 30.9 Å². The Hall–Kier alpha value is -1.35. The maximum atomic E-state index is 10.7. The van der Waals surface area contributed by atoms with Crippen LogP contribution >= 0.6 is 0 Å². The summed E-state index contributed by atoms with van der Waals surface area (Å²) in [5, 5.41) is 8.79. The topological polar surface area (TPSA) is 40.5 Å². The molecule has 0 saturated carbocycles. The summed E-state index contributed by atoms with van der Waals surface area (Å²) in [5.74, 6) is 0.892. The van der Waals surface area contributed by atoms with Gasteiger partial charge in [-0.2, -0.15) is 0 Å². The zero-order chi connectivity index (χ0) is 15.2. The highest BCUT2D eigenvalue weighted by molar-refractivity contribution is 5.70. The largest absolute Gasteiger partial charge is 0.481 e. The monoisotopic (exact) mass is 289 g/mol. The van der Waals surface area contributed by atoms with Crippen molar-refractivity contribution in [1.29, 1.82) is 0 Å². The first-order valence-corrected chi connectivity index (χ1v) is 8.06. The molecule has 21 heavy (non-hydrogen) atoms. The molecule has 1 fully saturated rings. The van der Waals surface area contributed by atoms with Gasteiger partial charge in [0.1, 0.15) is 0 Å². The zero-order valence-corrected chi connectivity index (χ0v) is 13.2. The molecule has 1 aliphatic rings. The number of carboxylic acids is 1. The van der Waals surface area contributed by atoms with Gasteiger partial charge in [0.15, 0.2) is 0 Å². The van der Waals surface area contributed by atoms with Gasteiger partial charge in [-0.25, -0.2) is 0 Å². The summed E-state index contributed by atoms with van der Waals surface area (Å²) in [5.41, 5.74) is 2.16. The molecule has 3 heteroatoms. The maximum Gasteiger partial charge on any atom is 0.307 e. The summed E-state index contributed by atoms with van der Waals surface area (Å²) in [6.07, 6.45) is 4.06. The maximum absolute atomic E-state index is 10.7. The molecule has 1 aromatic rings. The number of nitrogens with zero attached hydrogens (tertiary/aromatic N) is 1. The third kappa shape index (κ3) is 5.16. The molecule has 1 heterocycles. The van der Waals surface area contributed by atoms with E-state index >= 15 is 0 Å². The van der Waals surface area contributed by atoms with Crippen molar-refractivity contribution in [3.05, 3.63) is 35.4 Å². The molecule has 116 valence electrons. The Morgan fingerprint density at radius 1 is 1.19 bits per heavy atom. The molecule has 0 aromatic heterocycles. The summed E-state index contributed by atoms with van der Waals surface area (Å²) in [6, 6.07) is 8.03. The molecule has 0 bridgehead atoms. The van der Waals surface area contributed by atoms with E-state index in [4.69, 9.17) is 5.11 Å².